The molecule has 3 aromatic rings. The van der Waals surface area contributed by atoms with E-state index in [4.69, 9.17) is 0 Å². The number of fused-ring (bicyclic) bond motifs is 1. The molecule has 2 N–H and O–H groups in total. The second kappa shape index (κ2) is 7.03. The Labute approximate surface area is 148 Å². The molecule has 2 amide bonds. The van der Waals surface area contributed by atoms with E-state index in [2.05, 4.69) is 10.6 Å². The van der Waals surface area contributed by atoms with Gasteiger partial charge in [0.15, 0.2) is 0 Å². The maximum absolute atomic E-state index is 13.7. The fourth-order valence-electron chi connectivity index (χ4n) is 2.25. The van der Waals surface area contributed by atoms with Crippen LogP contribution in [0.2, 0.25) is 0 Å². The van der Waals surface area contributed by atoms with E-state index in [9.17, 15) is 14.0 Å². The second-order valence-electron chi connectivity index (χ2n) is 5.94. The number of carbonyl (C=O) groups excluding carboxylic acids is 2. The molecule has 4 nitrogen and oxygen atoms in total. The van der Waals surface area contributed by atoms with Crippen molar-refractivity contribution in [2.75, 3.05) is 10.6 Å². The Hall–Kier alpha value is -2.73. The van der Waals surface area contributed by atoms with Crippen molar-refractivity contribution in [2.45, 2.75) is 13.8 Å². The van der Waals surface area contributed by atoms with Crippen LogP contribution < -0.4 is 10.6 Å². The van der Waals surface area contributed by atoms with Crippen molar-refractivity contribution in [3.63, 3.8) is 0 Å². The first kappa shape index (κ1) is 17.1. The zero-order chi connectivity index (χ0) is 18.0. The average molecular weight is 356 g/mol. The van der Waals surface area contributed by atoms with E-state index in [0.29, 0.717) is 21.6 Å². The van der Waals surface area contributed by atoms with E-state index in [1.165, 1.54) is 17.4 Å². The van der Waals surface area contributed by atoms with Gasteiger partial charge in [-0.1, -0.05) is 19.9 Å². The highest BCUT2D eigenvalue weighted by Crippen LogP contribution is 2.28. The molecule has 1 heterocycles. The lowest BCUT2D eigenvalue weighted by Gasteiger charge is -2.09. The van der Waals surface area contributed by atoms with Gasteiger partial charge in [-0.15, -0.1) is 11.3 Å². The number of carbonyl (C=O) groups is 2. The maximum atomic E-state index is 13.7. The van der Waals surface area contributed by atoms with Gasteiger partial charge in [0.1, 0.15) is 5.82 Å². The lowest BCUT2D eigenvalue weighted by Crippen LogP contribution is -2.17. The molecule has 0 spiro atoms. The predicted octanol–water partition coefficient (Wildman–Crippen LogP) is 4.89. The Balaban J connectivity index is 1.72. The summed E-state index contributed by atoms with van der Waals surface area (Å²) in [5.74, 6) is -0.797. The fourth-order valence-corrected chi connectivity index (χ4v) is 3.22. The highest BCUT2D eigenvalue weighted by Gasteiger charge is 2.13. The smallest absolute Gasteiger partial charge is 0.265 e. The summed E-state index contributed by atoms with van der Waals surface area (Å²) in [4.78, 5) is 24.5. The summed E-state index contributed by atoms with van der Waals surface area (Å²) in [7, 11) is 0. The zero-order valence-corrected chi connectivity index (χ0v) is 14.6. The van der Waals surface area contributed by atoms with Gasteiger partial charge in [0.05, 0.1) is 4.88 Å². The van der Waals surface area contributed by atoms with Gasteiger partial charge in [-0.05, 0) is 42.5 Å². The average Bonchev–Trinajstić information content (AvgIpc) is 3.02. The summed E-state index contributed by atoms with van der Waals surface area (Å²) in [6.45, 7) is 3.63. The molecule has 0 fully saturated rings. The topological polar surface area (TPSA) is 58.2 Å². The third kappa shape index (κ3) is 3.85. The molecule has 1 aromatic heterocycles. The molecule has 0 unspecified atom stereocenters. The maximum Gasteiger partial charge on any atom is 0.265 e. The van der Waals surface area contributed by atoms with E-state index in [-0.39, 0.29) is 23.5 Å². The largest absolute Gasteiger partial charge is 0.326 e. The van der Waals surface area contributed by atoms with Gasteiger partial charge < -0.3 is 10.6 Å². The summed E-state index contributed by atoms with van der Waals surface area (Å²) in [6, 6.07) is 13.2. The predicted molar refractivity (Wildman–Crippen MR) is 99.6 cm³/mol. The van der Waals surface area contributed by atoms with Gasteiger partial charge in [-0.3, -0.25) is 9.59 Å². The molecule has 0 saturated carbocycles. The van der Waals surface area contributed by atoms with E-state index in [1.54, 1.807) is 42.5 Å². The number of amides is 2. The van der Waals surface area contributed by atoms with Crippen molar-refractivity contribution < 1.29 is 14.0 Å². The Morgan fingerprint density at radius 3 is 2.24 bits per heavy atom. The summed E-state index contributed by atoms with van der Waals surface area (Å²) < 4.78 is 14.5. The number of benzene rings is 2. The van der Waals surface area contributed by atoms with Crippen molar-refractivity contribution in [2.24, 2.45) is 5.92 Å². The standard InChI is InChI=1S/C19H17FN2O2S/c1-11(2)18(23)21-12-6-8-13(9-7-12)22-19(24)17-10-14-15(20)4-3-5-16(14)25-17/h3-11H,1-2H3,(H,21,23)(H,22,24). The number of hydrogen-bond acceptors (Lipinski definition) is 3. The lowest BCUT2D eigenvalue weighted by atomic mass is 10.2. The first-order chi connectivity index (χ1) is 11.9. The van der Waals surface area contributed by atoms with E-state index < -0.39 is 0 Å². The van der Waals surface area contributed by atoms with Gasteiger partial charge in [0.2, 0.25) is 5.91 Å². The van der Waals surface area contributed by atoms with Crippen molar-refractivity contribution in [3.8, 4) is 0 Å². The Morgan fingerprint density at radius 2 is 1.64 bits per heavy atom. The third-order valence-electron chi connectivity index (χ3n) is 3.67. The van der Waals surface area contributed by atoms with Crippen LogP contribution in [0.3, 0.4) is 0 Å². The molecule has 3 rings (SSSR count). The Kier molecular flexibility index (Phi) is 4.81. The minimum atomic E-state index is -0.335. The van der Waals surface area contributed by atoms with Gasteiger partial charge in [-0.2, -0.15) is 0 Å². The van der Waals surface area contributed by atoms with Crippen LogP contribution in [0.15, 0.2) is 48.5 Å². The molecule has 6 heteroatoms. The van der Waals surface area contributed by atoms with Crippen molar-refractivity contribution in [1.82, 2.24) is 0 Å². The Morgan fingerprint density at radius 1 is 1.00 bits per heavy atom. The Bertz CT molecular complexity index is 932. The van der Waals surface area contributed by atoms with Crippen LogP contribution in [0, 0.1) is 11.7 Å². The molecule has 0 bridgehead atoms. The van der Waals surface area contributed by atoms with Crippen LogP contribution in [0.25, 0.3) is 10.1 Å². The number of rotatable bonds is 4. The van der Waals surface area contributed by atoms with Gasteiger partial charge in [0.25, 0.3) is 5.91 Å². The van der Waals surface area contributed by atoms with E-state index in [1.807, 2.05) is 13.8 Å². The quantitative estimate of drug-likeness (QED) is 0.699. The van der Waals surface area contributed by atoms with Crippen molar-refractivity contribution in [3.05, 3.63) is 59.2 Å². The third-order valence-corrected chi connectivity index (χ3v) is 4.77. The molecular weight excluding hydrogens is 339 g/mol. The molecular formula is C19H17FN2O2S. The zero-order valence-electron chi connectivity index (χ0n) is 13.8. The number of anilines is 2. The first-order valence-electron chi connectivity index (χ1n) is 7.84. The first-order valence-corrected chi connectivity index (χ1v) is 8.66. The molecule has 128 valence electrons. The van der Waals surface area contributed by atoms with E-state index >= 15 is 0 Å². The van der Waals surface area contributed by atoms with Crippen LogP contribution in [0.1, 0.15) is 23.5 Å². The van der Waals surface area contributed by atoms with Crippen LogP contribution >= 0.6 is 11.3 Å². The molecule has 0 saturated heterocycles. The molecule has 0 atom stereocenters. The molecule has 0 radical (unpaired) electrons. The van der Waals surface area contributed by atoms with Crippen LogP contribution in [0.4, 0.5) is 15.8 Å². The lowest BCUT2D eigenvalue weighted by molar-refractivity contribution is -0.118. The number of thiophene rings is 1. The minimum absolute atomic E-state index is 0.0657. The van der Waals surface area contributed by atoms with E-state index in [0.717, 1.165) is 4.70 Å². The molecule has 2 aromatic carbocycles. The van der Waals surface area contributed by atoms with Crippen molar-refractivity contribution >= 4 is 44.6 Å². The minimum Gasteiger partial charge on any atom is -0.326 e. The molecule has 0 aliphatic heterocycles. The fraction of sp³-hybridized carbons (Fsp3) is 0.158. The molecule has 0 aliphatic rings. The monoisotopic (exact) mass is 356 g/mol. The van der Waals surface area contributed by atoms with Gasteiger partial charge in [-0.25, -0.2) is 4.39 Å². The molecule has 25 heavy (non-hydrogen) atoms. The SMILES string of the molecule is CC(C)C(=O)Nc1ccc(NC(=O)c2cc3c(F)cccc3s2)cc1. The summed E-state index contributed by atoms with van der Waals surface area (Å²) in [5, 5.41) is 6.01. The summed E-state index contributed by atoms with van der Waals surface area (Å²) in [5.41, 5.74) is 1.27. The normalized spacial score (nSPS) is 10.9. The van der Waals surface area contributed by atoms with Crippen LogP contribution in [-0.2, 0) is 4.79 Å². The highest BCUT2D eigenvalue weighted by atomic mass is 32.1. The highest BCUT2D eigenvalue weighted by molar-refractivity contribution is 7.20. The summed E-state index contributed by atoms with van der Waals surface area (Å²) in [6.07, 6.45) is 0. The van der Waals surface area contributed by atoms with Gasteiger partial charge >= 0.3 is 0 Å². The number of halogens is 1. The summed E-state index contributed by atoms with van der Waals surface area (Å²) >= 11 is 1.24. The van der Waals surface area contributed by atoms with Crippen LogP contribution in [-0.4, -0.2) is 11.8 Å². The number of nitrogens with one attached hydrogen (secondary N) is 2. The second-order valence-corrected chi connectivity index (χ2v) is 7.02. The van der Waals surface area contributed by atoms with Gasteiger partial charge in [0, 0.05) is 27.4 Å². The molecule has 0 aliphatic carbocycles. The van der Waals surface area contributed by atoms with Crippen molar-refractivity contribution in [1.29, 1.82) is 0 Å². The number of hydrogen-bond donors (Lipinski definition) is 2. The van der Waals surface area contributed by atoms with Crippen LogP contribution in [0.5, 0.6) is 0 Å².